The number of hydrogen-bond donors (Lipinski definition) is 1. The molecule has 2 aromatic rings. The number of nitrogens with one attached hydrogen (secondary N) is 1. The Labute approximate surface area is 127 Å². The van der Waals surface area contributed by atoms with Crippen LogP contribution in [0.3, 0.4) is 0 Å². The zero-order valence-electron chi connectivity index (χ0n) is 12.8. The van der Waals surface area contributed by atoms with Crippen LogP contribution in [0.2, 0.25) is 0 Å². The van der Waals surface area contributed by atoms with Crippen molar-refractivity contribution in [1.29, 1.82) is 0 Å². The molecule has 110 valence electrons. The third kappa shape index (κ3) is 2.87. The molecule has 0 saturated heterocycles. The van der Waals surface area contributed by atoms with Crippen LogP contribution in [0, 0.1) is 0 Å². The Balaban J connectivity index is 1.95. The number of benzene rings is 1. The summed E-state index contributed by atoms with van der Waals surface area (Å²) >= 11 is 0. The fraction of sp³-hybridized carbons (Fsp3) is 0.389. The highest BCUT2D eigenvalue weighted by Crippen LogP contribution is 2.35. The van der Waals surface area contributed by atoms with Crippen LogP contribution in [0.1, 0.15) is 32.3 Å². The minimum absolute atomic E-state index is 0.480. The van der Waals surface area contributed by atoms with Gasteiger partial charge in [-0.05, 0) is 49.9 Å². The molecule has 3 heteroatoms. The van der Waals surface area contributed by atoms with E-state index >= 15 is 0 Å². The molecule has 1 aliphatic heterocycles. The molecule has 0 saturated carbocycles. The van der Waals surface area contributed by atoms with Crippen LogP contribution in [0.5, 0.6) is 0 Å². The smallest absolute Gasteiger partial charge is 0.135 e. The van der Waals surface area contributed by atoms with Crippen molar-refractivity contribution in [3.63, 3.8) is 0 Å². The zero-order chi connectivity index (χ0) is 14.7. The van der Waals surface area contributed by atoms with E-state index in [0.29, 0.717) is 6.04 Å². The van der Waals surface area contributed by atoms with Gasteiger partial charge in [-0.3, -0.25) is 0 Å². The fourth-order valence-corrected chi connectivity index (χ4v) is 2.95. The van der Waals surface area contributed by atoms with Gasteiger partial charge in [0.05, 0.1) is 0 Å². The quantitative estimate of drug-likeness (QED) is 0.901. The van der Waals surface area contributed by atoms with Crippen molar-refractivity contribution in [3.8, 4) is 0 Å². The molecular weight excluding hydrogens is 258 g/mol. The minimum atomic E-state index is 0.480. The Morgan fingerprint density at radius 1 is 1.19 bits per heavy atom. The molecule has 0 radical (unpaired) electrons. The summed E-state index contributed by atoms with van der Waals surface area (Å²) in [5, 5.41) is 3.37. The number of aryl methyl sites for hydroxylation is 1. The van der Waals surface area contributed by atoms with Crippen LogP contribution in [0.15, 0.2) is 42.5 Å². The van der Waals surface area contributed by atoms with Gasteiger partial charge in [-0.25, -0.2) is 4.98 Å². The van der Waals surface area contributed by atoms with Crippen molar-refractivity contribution in [2.45, 2.75) is 39.2 Å². The van der Waals surface area contributed by atoms with Gasteiger partial charge in [0, 0.05) is 18.3 Å². The number of fused-ring (bicyclic) bond motifs is 1. The highest BCUT2D eigenvalue weighted by Gasteiger charge is 2.24. The van der Waals surface area contributed by atoms with E-state index < -0.39 is 0 Å². The number of rotatable bonds is 4. The lowest BCUT2D eigenvalue weighted by Gasteiger charge is -2.36. The molecule has 1 atom stereocenters. The van der Waals surface area contributed by atoms with Crippen LogP contribution < -0.4 is 10.2 Å². The highest BCUT2D eigenvalue weighted by molar-refractivity contribution is 5.67. The van der Waals surface area contributed by atoms with E-state index in [9.17, 15) is 0 Å². The first-order valence-corrected chi connectivity index (χ1v) is 7.87. The molecule has 3 rings (SSSR count). The molecule has 1 N–H and O–H groups in total. The van der Waals surface area contributed by atoms with Crippen molar-refractivity contribution >= 4 is 17.3 Å². The molecule has 0 fully saturated rings. The molecule has 0 spiro atoms. The summed E-state index contributed by atoms with van der Waals surface area (Å²) < 4.78 is 0. The average molecular weight is 281 g/mol. The molecular formula is C18H23N3. The van der Waals surface area contributed by atoms with Gasteiger partial charge in [-0.1, -0.05) is 31.2 Å². The predicted molar refractivity (Wildman–Crippen MR) is 89.4 cm³/mol. The van der Waals surface area contributed by atoms with Gasteiger partial charge in [-0.2, -0.15) is 0 Å². The van der Waals surface area contributed by atoms with E-state index in [0.717, 1.165) is 31.0 Å². The maximum atomic E-state index is 4.80. The van der Waals surface area contributed by atoms with Crippen LogP contribution in [0.25, 0.3) is 0 Å². The maximum Gasteiger partial charge on any atom is 0.135 e. The Kier molecular flexibility index (Phi) is 4.09. The topological polar surface area (TPSA) is 28.2 Å². The number of nitrogens with zero attached hydrogens (tertiary/aromatic N) is 2. The summed E-state index contributed by atoms with van der Waals surface area (Å²) in [6, 6.07) is 15.4. The Hall–Kier alpha value is -2.03. The fourth-order valence-electron chi connectivity index (χ4n) is 2.95. The summed E-state index contributed by atoms with van der Waals surface area (Å²) in [7, 11) is 0. The van der Waals surface area contributed by atoms with E-state index in [-0.39, 0.29) is 0 Å². The first-order valence-electron chi connectivity index (χ1n) is 7.87. The van der Waals surface area contributed by atoms with E-state index in [1.165, 1.54) is 17.7 Å². The Bertz CT molecular complexity index is 609. The van der Waals surface area contributed by atoms with Gasteiger partial charge in [-0.15, -0.1) is 0 Å². The number of para-hydroxylation sites is 1. The first-order chi connectivity index (χ1) is 10.3. The minimum Gasteiger partial charge on any atom is -0.370 e. The molecule has 0 bridgehead atoms. The third-order valence-electron chi connectivity index (χ3n) is 4.06. The second-order valence-corrected chi connectivity index (χ2v) is 5.69. The summed E-state index contributed by atoms with van der Waals surface area (Å²) in [5.41, 5.74) is 2.72. The van der Waals surface area contributed by atoms with Crippen molar-refractivity contribution in [1.82, 2.24) is 4.98 Å². The molecule has 0 aliphatic carbocycles. The number of aromatic nitrogens is 1. The van der Waals surface area contributed by atoms with E-state index in [1.54, 1.807) is 0 Å². The van der Waals surface area contributed by atoms with Gasteiger partial charge in [0.25, 0.3) is 0 Å². The SMILES string of the molecule is CCCNc1cccc(N2c3ccccc3CCC2C)n1. The molecule has 1 aromatic heterocycles. The molecule has 3 nitrogen and oxygen atoms in total. The van der Waals surface area contributed by atoms with Gasteiger partial charge >= 0.3 is 0 Å². The van der Waals surface area contributed by atoms with E-state index in [1.807, 2.05) is 6.07 Å². The van der Waals surface area contributed by atoms with Crippen LogP contribution >= 0.6 is 0 Å². The summed E-state index contributed by atoms with van der Waals surface area (Å²) in [6.45, 7) is 5.41. The van der Waals surface area contributed by atoms with Gasteiger partial charge < -0.3 is 10.2 Å². The normalized spacial score (nSPS) is 17.4. The van der Waals surface area contributed by atoms with Crippen molar-refractivity contribution in [2.75, 3.05) is 16.8 Å². The first kappa shape index (κ1) is 13.9. The van der Waals surface area contributed by atoms with Crippen LogP contribution in [-0.4, -0.2) is 17.6 Å². The second kappa shape index (κ2) is 6.17. The van der Waals surface area contributed by atoms with Crippen LogP contribution in [0.4, 0.5) is 17.3 Å². The second-order valence-electron chi connectivity index (χ2n) is 5.69. The Morgan fingerprint density at radius 2 is 2.05 bits per heavy atom. The monoisotopic (exact) mass is 281 g/mol. The number of anilines is 3. The lowest BCUT2D eigenvalue weighted by atomic mass is 9.96. The molecule has 1 unspecified atom stereocenters. The maximum absolute atomic E-state index is 4.80. The standard InChI is InChI=1S/C18H23N3/c1-3-13-19-17-9-6-10-18(20-17)21-14(2)11-12-15-7-4-5-8-16(15)21/h4-10,14H,3,11-13H2,1-2H3,(H,19,20). The van der Waals surface area contributed by atoms with Crippen molar-refractivity contribution in [3.05, 3.63) is 48.0 Å². The average Bonchev–Trinajstić information content (AvgIpc) is 2.53. The molecule has 1 aromatic carbocycles. The predicted octanol–water partition coefficient (Wildman–Crippen LogP) is 4.38. The number of pyridine rings is 1. The molecule has 1 aliphatic rings. The zero-order valence-corrected chi connectivity index (χ0v) is 12.8. The molecule has 2 heterocycles. The van der Waals surface area contributed by atoms with Gasteiger partial charge in [0.1, 0.15) is 11.6 Å². The third-order valence-corrected chi connectivity index (χ3v) is 4.06. The number of hydrogen-bond acceptors (Lipinski definition) is 3. The van der Waals surface area contributed by atoms with E-state index in [2.05, 4.69) is 60.5 Å². The van der Waals surface area contributed by atoms with Gasteiger partial charge in [0.2, 0.25) is 0 Å². The Morgan fingerprint density at radius 3 is 2.90 bits per heavy atom. The largest absolute Gasteiger partial charge is 0.370 e. The van der Waals surface area contributed by atoms with Gasteiger partial charge in [0.15, 0.2) is 0 Å². The van der Waals surface area contributed by atoms with Crippen molar-refractivity contribution < 1.29 is 0 Å². The summed E-state index contributed by atoms with van der Waals surface area (Å²) in [4.78, 5) is 7.17. The summed E-state index contributed by atoms with van der Waals surface area (Å²) in [6.07, 6.45) is 3.43. The van der Waals surface area contributed by atoms with E-state index in [4.69, 9.17) is 4.98 Å². The van der Waals surface area contributed by atoms with Crippen LogP contribution in [-0.2, 0) is 6.42 Å². The summed E-state index contributed by atoms with van der Waals surface area (Å²) in [5.74, 6) is 2.00. The lowest BCUT2D eigenvalue weighted by Crippen LogP contribution is -2.33. The highest BCUT2D eigenvalue weighted by atomic mass is 15.2. The molecule has 0 amide bonds. The lowest BCUT2D eigenvalue weighted by molar-refractivity contribution is 0.613. The van der Waals surface area contributed by atoms with Crippen molar-refractivity contribution in [2.24, 2.45) is 0 Å². The molecule has 21 heavy (non-hydrogen) atoms.